The van der Waals surface area contributed by atoms with E-state index >= 15 is 0 Å². The predicted octanol–water partition coefficient (Wildman–Crippen LogP) is 5.80. The first-order valence-electron chi connectivity index (χ1n) is 9.73. The second-order valence-electron chi connectivity index (χ2n) is 7.99. The normalized spacial score (nSPS) is 21.7. The molecule has 1 atom stereocenters. The summed E-state index contributed by atoms with van der Waals surface area (Å²) in [5.74, 6) is 1.31. The summed E-state index contributed by atoms with van der Waals surface area (Å²) in [5, 5.41) is 0. The maximum absolute atomic E-state index is 3.73. The van der Waals surface area contributed by atoms with Crippen LogP contribution in [0.1, 0.15) is 54.9 Å². The lowest BCUT2D eigenvalue weighted by Gasteiger charge is -2.39. The van der Waals surface area contributed by atoms with Crippen molar-refractivity contribution in [3.8, 4) is 0 Å². The molecule has 1 nitrogen and oxygen atoms in total. The number of hydrogen-bond acceptors (Lipinski definition) is 1. The van der Waals surface area contributed by atoms with E-state index in [-0.39, 0.29) is 0 Å². The highest BCUT2D eigenvalue weighted by atomic mass is 79.9. The molecule has 0 aromatic heterocycles. The zero-order chi connectivity index (χ0) is 17.4. The Kier molecular flexibility index (Phi) is 5.01. The standard InChI is InChI=1S/C23H28BrN/c1-16(2)25-13-11-19(12-14-25)23-21-6-4-3-5-17(21)7-8-18-9-10-20(24)15-22(18)23/h3-6,9-10,15-16,19,23H,7-8,11-14H2,1-2H3. The lowest BCUT2D eigenvalue weighted by atomic mass is 9.74. The van der Waals surface area contributed by atoms with Crippen molar-refractivity contribution in [1.82, 2.24) is 4.90 Å². The molecule has 2 aromatic rings. The van der Waals surface area contributed by atoms with Gasteiger partial charge in [0.05, 0.1) is 0 Å². The number of nitrogens with zero attached hydrogens (tertiary/aromatic N) is 1. The van der Waals surface area contributed by atoms with Crippen LogP contribution >= 0.6 is 15.9 Å². The molecule has 25 heavy (non-hydrogen) atoms. The molecule has 0 N–H and O–H groups in total. The highest BCUT2D eigenvalue weighted by Gasteiger charge is 2.33. The maximum Gasteiger partial charge on any atom is 0.0178 e. The lowest BCUT2D eigenvalue weighted by molar-refractivity contribution is 0.142. The van der Waals surface area contributed by atoms with Crippen LogP contribution in [0.4, 0.5) is 0 Å². The zero-order valence-electron chi connectivity index (χ0n) is 15.3. The Labute approximate surface area is 160 Å². The number of halogens is 1. The third-order valence-corrected chi connectivity index (χ3v) is 6.77. The molecule has 4 rings (SSSR count). The van der Waals surface area contributed by atoms with Crippen LogP contribution in [0, 0.1) is 5.92 Å². The van der Waals surface area contributed by atoms with Crippen molar-refractivity contribution in [2.75, 3.05) is 13.1 Å². The molecule has 2 heteroatoms. The average molecular weight is 398 g/mol. The highest BCUT2D eigenvalue weighted by molar-refractivity contribution is 9.10. The van der Waals surface area contributed by atoms with Gasteiger partial charge in [-0.2, -0.15) is 0 Å². The Bertz CT molecular complexity index is 744. The summed E-state index contributed by atoms with van der Waals surface area (Å²) in [4.78, 5) is 2.64. The molecule has 0 saturated carbocycles. The highest BCUT2D eigenvalue weighted by Crippen LogP contribution is 2.43. The number of aryl methyl sites for hydroxylation is 2. The Morgan fingerprint density at radius 3 is 2.32 bits per heavy atom. The fourth-order valence-electron chi connectivity index (χ4n) is 4.86. The van der Waals surface area contributed by atoms with Gasteiger partial charge in [0.1, 0.15) is 0 Å². The van der Waals surface area contributed by atoms with Crippen molar-refractivity contribution < 1.29 is 0 Å². The molecule has 1 aliphatic heterocycles. The molecule has 2 aliphatic rings. The van der Waals surface area contributed by atoms with Crippen molar-refractivity contribution in [2.45, 2.75) is 51.5 Å². The summed E-state index contributed by atoms with van der Waals surface area (Å²) >= 11 is 3.73. The molecule has 1 heterocycles. The number of hydrogen-bond donors (Lipinski definition) is 0. The van der Waals surface area contributed by atoms with Crippen LogP contribution in [0.3, 0.4) is 0 Å². The van der Waals surface area contributed by atoms with E-state index in [1.54, 1.807) is 22.3 Å². The Morgan fingerprint density at radius 1 is 0.920 bits per heavy atom. The molecule has 1 aliphatic carbocycles. The number of rotatable bonds is 2. The van der Waals surface area contributed by atoms with Crippen LogP contribution < -0.4 is 0 Å². The quantitative estimate of drug-likeness (QED) is 0.618. The lowest BCUT2D eigenvalue weighted by Crippen LogP contribution is -2.40. The van der Waals surface area contributed by atoms with Crippen LogP contribution in [0.2, 0.25) is 0 Å². The van der Waals surface area contributed by atoms with Gasteiger partial charge < -0.3 is 4.90 Å². The van der Waals surface area contributed by atoms with E-state index in [0.29, 0.717) is 12.0 Å². The molecular weight excluding hydrogens is 370 g/mol. The van der Waals surface area contributed by atoms with E-state index in [1.807, 2.05) is 0 Å². The summed E-state index contributed by atoms with van der Waals surface area (Å²) in [6.45, 7) is 7.13. The first-order valence-corrected chi connectivity index (χ1v) is 10.5. The molecule has 132 valence electrons. The number of benzene rings is 2. The van der Waals surface area contributed by atoms with Crippen LogP contribution in [-0.4, -0.2) is 24.0 Å². The van der Waals surface area contributed by atoms with Crippen molar-refractivity contribution in [3.63, 3.8) is 0 Å². The smallest absolute Gasteiger partial charge is 0.0178 e. The number of piperidine rings is 1. The van der Waals surface area contributed by atoms with Crippen LogP contribution in [0.25, 0.3) is 0 Å². The van der Waals surface area contributed by atoms with Gasteiger partial charge in [-0.1, -0.05) is 46.3 Å². The molecule has 0 radical (unpaired) electrons. The van der Waals surface area contributed by atoms with E-state index in [0.717, 1.165) is 5.92 Å². The Morgan fingerprint density at radius 2 is 1.60 bits per heavy atom. The fourth-order valence-corrected chi connectivity index (χ4v) is 5.24. The van der Waals surface area contributed by atoms with E-state index in [2.05, 4.69) is 77.1 Å². The summed E-state index contributed by atoms with van der Waals surface area (Å²) in [5.41, 5.74) is 6.27. The Hall–Kier alpha value is -1.12. The topological polar surface area (TPSA) is 3.24 Å². The largest absolute Gasteiger partial charge is 0.301 e. The summed E-state index contributed by atoms with van der Waals surface area (Å²) in [6, 6.07) is 16.8. The number of likely N-dealkylation sites (tertiary alicyclic amines) is 1. The van der Waals surface area contributed by atoms with Crippen LogP contribution in [0.5, 0.6) is 0 Å². The van der Waals surface area contributed by atoms with E-state index in [4.69, 9.17) is 0 Å². The van der Waals surface area contributed by atoms with Gasteiger partial charge in [0.2, 0.25) is 0 Å². The summed E-state index contributed by atoms with van der Waals surface area (Å²) in [7, 11) is 0. The van der Waals surface area contributed by atoms with E-state index < -0.39 is 0 Å². The first-order chi connectivity index (χ1) is 12.1. The molecule has 1 unspecified atom stereocenters. The molecular formula is C23H28BrN. The van der Waals surface area contributed by atoms with Gasteiger partial charge in [-0.05, 0) is 92.9 Å². The van der Waals surface area contributed by atoms with Crippen molar-refractivity contribution in [1.29, 1.82) is 0 Å². The first kappa shape index (κ1) is 17.3. The van der Waals surface area contributed by atoms with Crippen LogP contribution in [0.15, 0.2) is 46.9 Å². The van der Waals surface area contributed by atoms with Gasteiger partial charge in [0.25, 0.3) is 0 Å². The zero-order valence-corrected chi connectivity index (χ0v) is 16.9. The molecule has 1 fully saturated rings. The van der Waals surface area contributed by atoms with Gasteiger partial charge in [-0.15, -0.1) is 0 Å². The fraction of sp³-hybridized carbons (Fsp3) is 0.478. The third-order valence-electron chi connectivity index (χ3n) is 6.27. The average Bonchev–Trinajstić information content (AvgIpc) is 2.78. The second-order valence-corrected chi connectivity index (χ2v) is 8.90. The van der Waals surface area contributed by atoms with Gasteiger partial charge >= 0.3 is 0 Å². The number of fused-ring (bicyclic) bond motifs is 2. The molecule has 2 aromatic carbocycles. The monoisotopic (exact) mass is 397 g/mol. The van der Waals surface area contributed by atoms with Crippen molar-refractivity contribution in [3.05, 3.63) is 69.2 Å². The Balaban J connectivity index is 1.74. The van der Waals surface area contributed by atoms with Gasteiger partial charge in [0, 0.05) is 16.4 Å². The molecule has 1 saturated heterocycles. The summed E-state index contributed by atoms with van der Waals surface area (Å²) < 4.78 is 1.22. The maximum atomic E-state index is 3.73. The van der Waals surface area contributed by atoms with E-state index in [1.165, 1.54) is 43.2 Å². The SMILES string of the molecule is CC(C)N1CCC(C2c3ccccc3CCc3ccc(Br)cc32)CC1. The van der Waals surface area contributed by atoms with Gasteiger partial charge in [0.15, 0.2) is 0 Å². The predicted molar refractivity (Wildman–Crippen MR) is 109 cm³/mol. The minimum Gasteiger partial charge on any atom is -0.301 e. The van der Waals surface area contributed by atoms with Crippen molar-refractivity contribution in [2.24, 2.45) is 5.92 Å². The molecule has 0 amide bonds. The van der Waals surface area contributed by atoms with Gasteiger partial charge in [-0.3, -0.25) is 0 Å². The summed E-state index contributed by atoms with van der Waals surface area (Å²) in [6.07, 6.45) is 4.96. The van der Waals surface area contributed by atoms with E-state index in [9.17, 15) is 0 Å². The third kappa shape index (κ3) is 3.44. The van der Waals surface area contributed by atoms with Crippen LogP contribution in [-0.2, 0) is 12.8 Å². The minimum absolute atomic E-state index is 0.556. The minimum atomic E-state index is 0.556. The molecule has 0 spiro atoms. The second kappa shape index (κ2) is 7.25. The van der Waals surface area contributed by atoms with Crippen molar-refractivity contribution >= 4 is 15.9 Å². The van der Waals surface area contributed by atoms with Gasteiger partial charge in [-0.25, -0.2) is 0 Å². The molecule has 0 bridgehead atoms.